The summed E-state index contributed by atoms with van der Waals surface area (Å²) in [6.45, 7) is 4.15. The second-order valence-corrected chi connectivity index (χ2v) is 6.00. The van der Waals surface area contributed by atoms with Gasteiger partial charge in [0, 0.05) is 0 Å². The molecule has 0 nitrogen and oxygen atoms in total. The van der Waals surface area contributed by atoms with E-state index in [1.165, 1.54) is 38.5 Å². The van der Waals surface area contributed by atoms with Crippen LogP contribution in [0, 0.1) is 5.92 Å². The molecule has 0 aromatic heterocycles. The SMILES string of the molecule is CCCCCCCCCCCC(CCCC)C(F)(F)F. The van der Waals surface area contributed by atoms with Crippen LogP contribution >= 0.6 is 0 Å². The number of hydrogen-bond acceptors (Lipinski definition) is 0. The summed E-state index contributed by atoms with van der Waals surface area (Å²) in [7, 11) is 0. The first-order chi connectivity index (χ1) is 9.52. The third-order valence-electron chi connectivity index (χ3n) is 4.03. The van der Waals surface area contributed by atoms with Gasteiger partial charge in [-0.25, -0.2) is 0 Å². The van der Waals surface area contributed by atoms with E-state index in [1.54, 1.807) is 0 Å². The maximum Gasteiger partial charge on any atom is 0.391 e. The molecule has 0 aromatic carbocycles. The molecule has 0 aliphatic carbocycles. The van der Waals surface area contributed by atoms with Crippen LogP contribution in [0.4, 0.5) is 13.2 Å². The lowest BCUT2D eigenvalue weighted by atomic mass is 9.94. The Morgan fingerprint density at radius 2 is 1.00 bits per heavy atom. The molecule has 0 spiro atoms. The van der Waals surface area contributed by atoms with Gasteiger partial charge in [0.15, 0.2) is 0 Å². The van der Waals surface area contributed by atoms with E-state index in [2.05, 4.69) is 6.92 Å². The van der Waals surface area contributed by atoms with Gasteiger partial charge < -0.3 is 0 Å². The molecule has 0 amide bonds. The highest BCUT2D eigenvalue weighted by atomic mass is 19.4. The van der Waals surface area contributed by atoms with Crippen LogP contribution in [0.5, 0.6) is 0 Å². The van der Waals surface area contributed by atoms with Crippen LogP contribution in [-0.2, 0) is 0 Å². The predicted molar refractivity (Wildman–Crippen MR) is 80.9 cm³/mol. The summed E-state index contributed by atoms with van der Waals surface area (Å²) in [6, 6.07) is 0. The molecule has 1 atom stereocenters. The average molecular weight is 294 g/mol. The summed E-state index contributed by atoms with van der Waals surface area (Å²) in [6.07, 6.45) is 8.62. The summed E-state index contributed by atoms with van der Waals surface area (Å²) < 4.78 is 38.4. The lowest BCUT2D eigenvalue weighted by Gasteiger charge is -2.19. The summed E-state index contributed by atoms with van der Waals surface area (Å²) >= 11 is 0. The molecule has 0 N–H and O–H groups in total. The summed E-state index contributed by atoms with van der Waals surface area (Å²) in [5.74, 6) is -1.06. The van der Waals surface area contributed by atoms with Crippen molar-refractivity contribution in [2.24, 2.45) is 5.92 Å². The zero-order chi connectivity index (χ0) is 15.3. The van der Waals surface area contributed by atoms with Gasteiger partial charge in [-0.15, -0.1) is 0 Å². The van der Waals surface area contributed by atoms with Crippen molar-refractivity contribution in [3.8, 4) is 0 Å². The van der Waals surface area contributed by atoms with Crippen molar-refractivity contribution < 1.29 is 13.2 Å². The summed E-state index contributed by atoms with van der Waals surface area (Å²) in [4.78, 5) is 0. The molecule has 0 bridgehead atoms. The van der Waals surface area contributed by atoms with Gasteiger partial charge in [0.25, 0.3) is 0 Å². The molecule has 0 saturated heterocycles. The molecule has 0 fully saturated rings. The molecule has 0 heterocycles. The molecule has 0 saturated carbocycles. The Morgan fingerprint density at radius 1 is 0.600 bits per heavy atom. The van der Waals surface area contributed by atoms with Crippen LogP contribution < -0.4 is 0 Å². The van der Waals surface area contributed by atoms with Crippen molar-refractivity contribution in [3.63, 3.8) is 0 Å². The van der Waals surface area contributed by atoms with Gasteiger partial charge in [0.2, 0.25) is 0 Å². The summed E-state index contributed by atoms with van der Waals surface area (Å²) in [5, 5.41) is 0. The van der Waals surface area contributed by atoms with E-state index in [4.69, 9.17) is 0 Å². The molecule has 0 aliphatic rings. The maximum absolute atomic E-state index is 12.8. The Bertz CT molecular complexity index is 199. The van der Waals surface area contributed by atoms with Crippen LogP contribution in [0.2, 0.25) is 0 Å². The lowest BCUT2D eigenvalue weighted by molar-refractivity contribution is -0.178. The van der Waals surface area contributed by atoms with E-state index >= 15 is 0 Å². The number of alkyl halides is 3. The predicted octanol–water partition coefficient (Wildman–Crippen LogP) is 7.28. The van der Waals surface area contributed by atoms with Crippen molar-refractivity contribution in [2.75, 3.05) is 0 Å². The highest BCUT2D eigenvalue weighted by Crippen LogP contribution is 2.34. The Kier molecular flexibility index (Phi) is 12.4. The molecule has 3 heteroatoms. The maximum atomic E-state index is 12.8. The highest BCUT2D eigenvalue weighted by molar-refractivity contribution is 4.68. The van der Waals surface area contributed by atoms with Gasteiger partial charge in [-0.05, 0) is 12.8 Å². The van der Waals surface area contributed by atoms with Crippen LogP contribution in [0.1, 0.15) is 97.3 Å². The van der Waals surface area contributed by atoms with E-state index in [9.17, 15) is 13.2 Å². The van der Waals surface area contributed by atoms with E-state index in [0.717, 1.165) is 25.7 Å². The largest absolute Gasteiger partial charge is 0.391 e. The highest BCUT2D eigenvalue weighted by Gasteiger charge is 2.37. The second-order valence-electron chi connectivity index (χ2n) is 6.00. The number of halogens is 3. The third-order valence-corrected chi connectivity index (χ3v) is 4.03. The Labute approximate surface area is 123 Å². The standard InChI is InChI=1S/C17H33F3/c1-3-5-7-8-9-10-11-12-13-15-16(14-6-4-2)17(18,19)20/h16H,3-15H2,1-2H3. The van der Waals surface area contributed by atoms with Crippen molar-refractivity contribution in [1.82, 2.24) is 0 Å². The van der Waals surface area contributed by atoms with Gasteiger partial charge in [-0.2, -0.15) is 13.2 Å². The van der Waals surface area contributed by atoms with Gasteiger partial charge >= 0.3 is 6.18 Å². The third kappa shape index (κ3) is 11.6. The molecule has 0 aromatic rings. The lowest BCUT2D eigenvalue weighted by Crippen LogP contribution is -2.22. The van der Waals surface area contributed by atoms with Crippen molar-refractivity contribution >= 4 is 0 Å². The van der Waals surface area contributed by atoms with Crippen molar-refractivity contribution in [1.29, 1.82) is 0 Å². The smallest absolute Gasteiger partial charge is 0.171 e. The molecule has 20 heavy (non-hydrogen) atoms. The fourth-order valence-electron chi connectivity index (χ4n) is 2.62. The zero-order valence-electron chi connectivity index (χ0n) is 13.4. The quantitative estimate of drug-likeness (QED) is 0.313. The van der Waals surface area contributed by atoms with E-state index in [1.807, 2.05) is 6.92 Å². The molecule has 0 radical (unpaired) electrons. The first-order valence-electron chi connectivity index (χ1n) is 8.59. The molecular weight excluding hydrogens is 261 g/mol. The number of rotatable bonds is 13. The topological polar surface area (TPSA) is 0 Å². The van der Waals surface area contributed by atoms with Crippen LogP contribution in [-0.4, -0.2) is 6.18 Å². The fourth-order valence-corrected chi connectivity index (χ4v) is 2.62. The zero-order valence-corrected chi connectivity index (χ0v) is 13.4. The number of unbranched alkanes of at least 4 members (excludes halogenated alkanes) is 9. The molecular formula is C17H33F3. The Hall–Kier alpha value is -0.210. The van der Waals surface area contributed by atoms with Crippen LogP contribution in [0.15, 0.2) is 0 Å². The fraction of sp³-hybridized carbons (Fsp3) is 1.00. The first-order valence-corrected chi connectivity index (χ1v) is 8.59. The second kappa shape index (κ2) is 12.5. The normalized spacial score (nSPS) is 13.7. The average Bonchev–Trinajstić information content (AvgIpc) is 2.38. The minimum absolute atomic E-state index is 0.316. The van der Waals surface area contributed by atoms with Gasteiger partial charge in [0.1, 0.15) is 0 Å². The van der Waals surface area contributed by atoms with Crippen molar-refractivity contribution in [2.45, 2.75) is 103 Å². The van der Waals surface area contributed by atoms with Gasteiger partial charge in [-0.1, -0.05) is 84.5 Å². The summed E-state index contributed by atoms with van der Waals surface area (Å²) in [5.41, 5.74) is 0. The van der Waals surface area contributed by atoms with Crippen molar-refractivity contribution in [3.05, 3.63) is 0 Å². The minimum Gasteiger partial charge on any atom is -0.171 e. The van der Waals surface area contributed by atoms with Gasteiger partial charge in [0.05, 0.1) is 5.92 Å². The Morgan fingerprint density at radius 3 is 1.45 bits per heavy atom. The van der Waals surface area contributed by atoms with Crippen LogP contribution in [0.25, 0.3) is 0 Å². The monoisotopic (exact) mass is 294 g/mol. The van der Waals surface area contributed by atoms with Crippen LogP contribution in [0.3, 0.4) is 0 Å². The number of hydrogen-bond donors (Lipinski definition) is 0. The molecule has 0 aliphatic heterocycles. The first kappa shape index (κ1) is 19.8. The minimum atomic E-state index is -3.99. The van der Waals surface area contributed by atoms with E-state index < -0.39 is 12.1 Å². The molecule has 122 valence electrons. The van der Waals surface area contributed by atoms with E-state index in [-0.39, 0.29) is 0 Å². The Balaban J connectivity index is 3.54. The molecule has 1 unspecified atom stereocenters. The van der Waals surface area contributed by atoms with Gasteiger partial charge in [-0.3, -0.25) is 0 Å². The molecule has 0 rings (SSSR count). The van der Waals surface area contributed by atoms with E-state index in [0.29, 0.717) is 19.3 Å².